The Balaban J connectivity index is 1.73. The molecule has 0 heterocycles. The lowest BCUT2D eigenvalue weighted by atomic mass is 10.1. The predicted molar refractivity (Wildman–Crippen MR) is 101 cm³/mol. The fourth-order valence-corrected chi connectivity index (χ4v) is 4.39. The van der Waals surface area contributed by atoms with Crippen LogP contribution in [0.2, 0.25) is 0 Å². The van der Waals surface area contributed by atoms with Gasteiger partial charge < -0.3 is 20.4 Å². The summed E-state index contributed by atoms with van der Waals surface area (Å²) in [5.74, 6) is -0.965. The van der Waals surface area contributed by atoms with Gasteiger partial charge in [0.05, 0.1) is 17.8 Å². The SMILES string of the molecule is O=C(O)c1cccc(CCNC[C@H](O)CP(=O)(O)Cc2ccccc2)c1. The number of carboxylic acids is 1. The van der Waals surface area contributed by atoms with Crippen molar-refractivity contribution in [2.45, 2.75) is 18.7 Å². The highest BCUT2D eigenvalue weighted by Crippen LogP contribution is 2.44. The van der Waals surface area contributed by atoms with E-state index in [4.69, 9.17) is 5.11 Å². The van der Waals surface area contributed by atoms with Gasteiger partial charge in [-0.1, -0.05) is 42.5 Å². The van der Waals surface area contributed by atoms with Gasteiger partial charge in [-0.05, 0) is 36.2 Å². The molecule has 0 aliphatic carbocycles. The third-order valence-electron chi connectivity index (χ3n) is 3.91. The van der Waals surface area contributed by atoms with E-state index in [-0.39, 0.29) is 24.4 Å². The average Bonchev–Trinajstić information content (AvgIpc) is 2.59. The molecule has 0 saturated carbocycles. The summed E-state index contributed by atoms with van der Waals surface area (Å²) in [7, 11) is -3.45. The van der Waals surface area contributed by atoms with E-state index in [0.29, 0.717) is 13.0 Å². The standard InChI is InChI=1S/C19H24NO5P/c21-18(14-26(24,25)13-16-5-2-1-3-6-16)12-20-10-9-15-7-4-8-17(11-15)19(22)23/h1-8,11,18,20-21H,9-10,12-14H2,(H,22,23)(H,24,25)/t18-/m0/s1. The number of hydrogen-bond donors (Lipinski definition) is 4. The Morgan fingerprint density at radius 3 is 2.46 bits per heavy atom. The highest BCUT2D eigenvalue weighted by atomic mass is 31.2. The molecule has 0 bridgehead atoms. The number of hydrogen-bond acceptors (Lipinski definition) is 4. The van der Waals surface area contributed by atoms with E-state index < -0.39 is 19.4 Å². The van der Waals surface area contributed by atoms with Gasteiger partial charge in [0, 0.05) is 12.7 Å². The fraction of sp³-hybridized carbons (Fsp3) is 0.316. The molecule has 0 amide bonds. The molecule has 2 atom stereocenters. The zero-order chi connectivity index (χ0) is 19.0. The van der Waals surface area contributed by atoms with Crippen LogP contribution in [0.5, 0.6) is 0 Å². The van der Waals surface area contributed by atoms with Gasteiger partial charge in [0.15, 0.2) is 0 Å². The van der Waals surface area contributed by atoms with Crippen molar-refractivity contribution in [1.82, 2.24) is 5.32 Å². The van der Waals surface area contributed by atoms with Gasteiger partial charge in [-0.25, -0.2) is 4.79 Å². The molecule has 0 radical (unpaired) electrons. The van der Waals surface area contributed by atoms with Gasteiger partial charge in [0.1, 0.15) is 0 Å². The van der Waals surface area contributed by atoms with Crippen molar-refractivity contribution in [3.63, 3.8) is 0 Å². The van der Waals surface area contributed by atoms with Crippen LogP contribution < -0.4 is 5.32 Å². The van der Waals surface area contributed by atoms with Gasteiger partial charge in [0.25, 0.3) is 0 Å². The fourth-order valence-electron chi connectivity index (χ4n) is 2.69. The molecule has 0 aliphatic rings. The summed E-state index contributed by atoms with van der Waals surface area (Å²) >= 11 is 0. The van der Waals surface area contributed by atoms with Crippen LogP contribution in [0.1, 0.15) is 21.5 Å². The van der Waals surface area contributed by atoms with Gasteiger partial charge in [-0.15, -0.1) is 0 Å². The minimum absolute atomic E-state index is 0.0485. The molecule has 2 rings (SSSR count). The van der Waals surface area contributed by atoms with Gasteiger partial charge in [-0.2, -0.15) is 0 Å². The van der Waals surface area contributed by atoms with Crippen LogP contribution in [-0.2, 0) is 17.1 Å². The van der Waals surface area contributed by atoms with Gasteiger partial charge in [-0.3, -0.25) is 4.57 Å². The molecule has 1 unspecified atom stereocenters. The molecule has 0 saturated heterocycles. The Labute approximate surface area is 153 Å². The third kappa shape index (κ3) is 7.10. The molecule has 0 aromatic heterocycles. The largest absolute Gasteiger partial charge is 0.478 e. The minimum Gasteiger partial charge on any atom is -0.478 e. The predicted octanol–water partition coefficient (Wildman–Crippen LogP) is 2.35. The lowest BCUT2D eigenvalue weighted by molar-refractivity contribution is 0.0696. The second-order valence-electron chi connectivity index (χ2n) is 6.29. The van der Waals surface area contributed by atoms with Crippen molar-refractivity contribution in [3.8, 4) is 0 Å². The second-order valence-corrected chi connectivity index (χ2v) is 8.66. The van der Waals surface area contributed by atoms with Crippen molar-refractivity contribution in [1.29, 1.82) is 0 Å². The number of aromatic carboxylic acids is 1. The molecule has 0 spiro atoms. The van der Waals surface area contributed by atoms with Crippen LogP contribution in [0.25, 0.3) is 0 Å². The van der Waals surface area contributed by atoms with Crippen LogP contribution in [0, 0.1) is 0 Å². The monoisotopic (exact) mass is 377 g/mol. The van der Waals surface area contributed by atoms with Crippen molar-refractivity contribution >= 4 is 13.3 Å². The van der Waals surface area contributed by atoms with Crippen LogP contribution in [0.3, 0.4) is 0 Å². The molecule has 140 valence electrons. The molecule has 6 nitrogen and oxygen atoms in total. The zero-order valence-electron chi connectivity index (χ0n) is 14.4. The number of rotatable bonds is 10. The van der Waals surface area contributed by atoms with Gasteiger partial charge >= 0.3 is 5.97 Å². The van der Waals surface area contributed by atoms with Crippen molar-refractivity contribution in [2.24, 2.45) is 0 Å². The highest BCUT2D eigenvalue weighted by molar-refractivity contribution is 7.57. The minimum atomic E-state index is -3.45. The summed E-state index contributed by atoms with van der Waals surface area (Å²) in [5.41, 5.74) is 1.89. The number of aliphatic hydroxyl groups is 1. The molecule has 0 aliphatic heterocycles. The lowest BCUT2D eigenvalue weighted by Gasteiger charge is -2.17. The molecule has 7 heteroatoms. The van der Waals surface area contributed by atoms with Gasteiger partial charge in [0.2, 0.25) is 7.37 Å². The summed E-state index contributed by atoms with van der Waals surface area (Å²) in [6, 6.07) is 15.7. The van der Waals surface area contributed by atoms with E-state index in [1.165, 1.54) is 6.07 Å². The first-order valence-electron chi connectivity index (χ1n) is 8.41. The van der Waals surface area contributed by atoms with Crippen LogP contribution >= 0.6 is 7.37 Å². The maximum absolute atomic E-state index is 12.3. The maximum Gasteiger partial charge on any atom is 0.335 e. The van der Waals surface area contributed by atoms with Crippen LogP contribution in [0.4, 0.5) is 0 Å². The van der Waals surface area contributed by atoms with Crippen molar-refractivity contribution < 1.29 is 24.5 Å². The maximum atomic E-state index is 12.3. The first-order chi connectivity index (χ1) is 12.4. The summed E-state index contributed by atoms with van der Waals surface area (Å²) in [6.07, 6.45) is -0.426. The number of benzene rings is 2. The van der Waals surface area contributed by atoms with E-state index in [1.54, 1.807) is 24.3 Å². The van der Waals surface area contributed by atoms with E-state index in [1.807, 2.05) is 24.3 Å². The first kappa shape index (κ1) is 20.3. The van der Waals surface area contributed by atoms with Crippen molar-refractivity contribution in [2.75, 3.05) is 19.3 Å². The Hall–Kier alpha value is -1.98. The molecule has 4 N–H and O–H groups in total. The second kappa shape index (κ2) is 9.64. The van der Waals surface area contributed by atoms with E-state index >= 15 is 0 Å². The van der Waals surface area contributed by atoms with E-state index in [9.17, 15) is 19.4 Å². The third-order valence-corrected chi connectivity index (χ3v) is 5.76. The molecule has 26 heavy (non-hydrogen) atoms. The Morgan fingerprint density at radius 2 is 1.77 bits per heavy atom. The first-order valence-corrected chi connectivity index (χ1v) is 10.4. The number of nitrogens with one attached hydrogen (secondary N) is 1. The molecule has 2 aromatic carbocycles. The van der Waals surface area contributed by atoms with Crippen LogP contribution in [0.15, 0.2) is 54.6 Å². The highest BCUT2D eigenvalue weighted by Gasteiger charge is 2.23. The number of aliphatic hydroxyl groups excluding tert-OH is 1. The smallest absolute Gasteiger partial charge is 0.335 e. The zero-order valence-corrected chi connectivity index (χ0v) is 15.3. The average molecular weight is 377 g/mol. The Morgan fingerprint density at radius 1 is 1.08 bits per heavy atom. The van der Waals surface area contributed by atoms with E-state index in [2.05, 4.69) is 5.32 Å². The summed E-state index contributed by atoms with van der Waals surface area (Å²) in [6.45, 7) is 0.743. The number of carbonyl (C=O) groups is 1. The molecular formula is C19H24NO5P. The Kier molecular flexibility index (Phi) is 7.54. The van der Waals surface area contributed by atoms with Crippen LogP contribution in [-0.4, -0.2) is 46.4 Å². The quantitative estimate of drug-likeness (QED) is 0.374. The topological polar surface area (TPSA) is 107 Å². The number of carboxylic acid groups (broad SMARTS) is 1. The Bertz CT molecular complexity index is 766. The normalized spacial score (nSPS) is 14.5. The molecular weight excluding hydrogens is 353 g/mol. The molecule has 0 fully saturated rings. The van der Waals surface area contributed by atoms with E-state index in [0.717, 1.165) is 11.1 Å². The summed E-state index contributed by atoms with van der Waals surface area (Å²) < 4.78 is 12.3. The van der Waals surface area contributed by atoms with Crippen molar-refractivity contribution in [3.05, 3.63) is 71.3 Å². The summed E-state index contributed by atoms with van der Waals surface area (Å²) in [4.78, 5) is 21.0. The lowest BCUT2D eigenvalue weighted by Crippen LogP contribution is -2.31. The molecule has 2 aromatic rings. The summed E-state index contributed by atoms with van der Waals surface area (Å²) in [5, 5.41) is 22.0.